The van der Waals surface area contributed by atoms with E-state index < -0.39 is 10.0 Å². The molecule has 0 amide bonds. The van der Waals surface area contributed by atoms with Crippen molar-refractivity contribution >= 4 is 21.6 Å². The molecule has 0 fully saturated rings. The molecule has 0 bridgehead atoms. The first kappa shape index (κ1) is 12.4. The van der Waals surface area contributed by atoms with Gasteiger partial charge >= 0.3 is 0 Å². The smallest absolute Gasteiger partial charge is 0.240 e. The van der Waals surface area contributed by atoms with Crippen LogP contribution in [0.15, 0.2) is 23.2 Å². The van der Waals surface area contributed by atoms with Crippen LogP contribution in [0.1, 0.15) is 6.42 Å². The molecule has 0 unspecified atom stereocenters. The van der Waals surface area contributed by atoms with Gasteiger partial charge < -0.3 is 5.73 Å². The van der Waals surface area contributed by atoms with Crippen molar-refractivity contribution in [1.29, 1.82) is 0 Å². The first-order valence-electron chi connectivity index (χ1n) is 4.37. The van der Waals surface area contributed by atoms with Crippen LogP contribution >= 0.6 is 11.6 Å². The Kier molecular flexibility index (Phi) is 4.46. The lowest BCUT2D eigenvalue weighted by molar-refractivity contribution is 0.579. The predicted molar refractivity (Wildman–Crippen MR) is 58.1 cm³/mol. The third kappa shape index (κ3) is 3.75. The minimum Gasteiger partial charge on any atom is -0.330 e. The maximum absolute atomic E-state index is 11.6. The minimum absolute atomic E-state index is 0.111. The Hall–Kier alpha value is -0.690. The van der Waals surface area contributed by atoms with E-state index in [2.05, 4.69) is 9.71 Å². The second-order valence-electron chi connectivity index (χ2n) is 2.85. The van der Waals surface area contributed by atoms with Crippen LogP contribution in [0.5, 0.6) is 0 Å². The highest BCUT2D eigenvalue weighted by Crippen LogP contribution is 2.12. The maximum atomic E-state index is 11.6. The molecule has 0 aliphatic heterocycles. The molecular formula is C8H12ClN3O2S. The molecule has 84 valence electrons. The number of aromatic nitrogens is 1. The lowest BCUT2D eigenvalue weighted by Gasteiger charge is -2.05. The van der Waals surface area contributed by atoms with E-state index in [0.717, 1.165) is 0 Å². The molecule has 0 saturated heterocycles. The van der Waals surface area contributed by atoms with Gasteiger partial charge in [-0.05, 0) is 25.1 Å². The van der Waals surface area contributed by atoms with Crippen molar-refractivity contribution < 1.29 is 8.42 Å². The van der Waals surface area contributed by atoms with Gasteiger partial charge in [-0.15, -0.1) is 0 Å². The molecule has 0 aromatic carbocycles. The van der Waals surface area contributed by atoms with Crippen molar-refractivity contribution in [2.24, 2.45) is 5.73 Å². The molecule has 1 aromatic heterocycles. The molecule has 0 aliphatic rings. The summed E-state index contributed by atoms with van der Waals surface area (Å²) >= 11 is 5.59. The third-order valence-corrected chi connectivity index (χ3v) is 3.35. The van der Waals surface area contributed by atoms with Gasteiger partial charge in [-0.2, -0.15) is 0 Å². The first-order valence-corrected chi connectivity index (χ1v) is 6.23. The second-order valence-corrected chi connectivity index (χ2v) is 5.01. The molecule has 7 heteroatoms. The number of pyridine rings is 1. The summed E-state index contributed by atoms with van der Waals surface area (Å²) in [5.74, 6) is 0. The van der Waals surface area contributed by atoms with Crippen LogP contribution in [-0.4, -0.2) is 26.5 Å². The number of nitrogens with zero attached hydrogens (tertiary/aromatic N) is 1. The Morgan fingerprint density at radius 2 is 2.27 bits per heavy atom. The van der Waals surface area contributed by atoms with Crippen LogP contribution < -0.4 is 10.5 Å². The van der Waals surface area contributed by atoms with Gasteiger partial charge in [0.1, 0.15) is 5.15 Å². The SMILES string of the molecule is NCCCNS(=O)(=O)c1ccnc(Cl)c1. The van der Waals surface area contributed by atoms with Gasteiger partial charge in [-0.25, -0.2) is 18.1 Å². The van der Waals surface area contributed by atoms with E-state index in [0.29, 0.717) is 19.5 Å². The molecule has 0 spiro atoms. The van der Waals surface area contributed by atoms with Crippen molar-refractivity contribution in [1.82, 2.24) is 9.71 Å². The highest BCUT2D eigenvalue weighted by molar-refractivity contribution is 7.89. The van der Waals surface area contributed by atoms with Gasteiger partial charge in [0.15, 0.2) is 0 Å². The fourth-order valence-electron chi connectivity index (χ4n) is 0.944. The molecule has 0 saturated carbocycles. The fourth-order valence-corrected chi connectivity index (χ4v) is 2.27. The molecule has 1 heterocycles. The summed E-state index contributed by atoms with van der Waals surface area (Å²) in [6, 6.07) is 2.68. The largest absolute Gasteiger partial charge is 0.330 e. The fraction of sp³-hybridized carbons (Fsp3) is 0.375. The minimum atomic E-state index is -3.49. The molecule has 1 aromatic rings. The van der Waals surface area contributed by atoms with E-state index in [1.54, 1.807) is 0 Å². The monoisotopic (exact) mass is 249 g/mol. The molecule has 5 nitrogen and oxygen atoms in total. The van der Waals surface area contributed by atoms with Gasteiger partial charge in [0.25, 0.3) is 0 Å². The average molecular weight is 250 g/mol. The molecule has 1 rings (SSSR count). The Bertz CT molecular complexity index is 422. The Morgan fingerprint density at radius 1 is 1.53 bits per heavy atom. The van der Waals surface area contributed by atoms with Gasteiger partial charge in [0.2, 0.25) is 10.0 Å². The number of hydrogen-bond acceptors (Lipinski definition) is 4. The van der Waals surface area contributed by atoms with Crippen molar-refractivity contribution in [3.63, 3.8) is 0 Å². The normalized spacial score (nSPS) is 11.6. The number of halogens is 1. The maximum Gasteiger partial charge on any atom is 0.240 e. The topological polar surface area (TPSA) is 85.1 Å². The summed E-state index contributed by atoms with van der Waals surface area (Å²) in [6.07, 6.45) is 1.94. The zero-order valence-electron chi connectivity index (χ0n) is 7.98. The quantitative estimate of drug-likeness (QED) is 0.583. The van der Waals surface area contributed by atoms with Crippen LogP contribution in [-0.2, 0) is 10.0 Å². The second kappa shape index (κ2) is 5.41. The van der Waals surface area contributed by atoms with Crippen molar-refractivity contribution in [3.05, 3.63) is 23.5 Å². The molecule has 3 N–H and O–H groups in total. The highest BCUT2D eigenvalue weighted by atomic mass is 35.5. The zero-order valence-corrected chi connectivity index (χ0v) is 9.55. The van der Waals surface area contributed by atoms with Crippen LogP contribution in [0.4, 0.5) is 0 Å². The summed E-state index contributed by atoms with van der Waals surface area (Å²) in [4.78, 5) is 3.81. The van der Waals surface area contributed by atoms with E-state index in [-0.39, 0.29) is 10.0 Å². The van der Waals surface area contributed by atoms with Gasteiger partial charge in [-0.3, -0.25) is 0 Å². The first-order chi connectivity index (χ1) is 7.06. The van der Waals surface area contributed by atoms with E-state index in [9.17, 15) is 8.42 Å². The molecule has 15 heavy (non-hydrogen) atoms. The molecular weight excluding hydrogens is 238 g/mol. The zero-order chi connectivity index (χ0) is 11.3. The van der Waals surface area contributed by atoms with E-state index in [1.807, 2.05) is 0 Å². The summed E-state index contributed by atoms with van der Waals surface area (Å²) in [5.41, 5.74) is 5.25. The Labute approximate surface area is 93.7 Å². The number of nitrogens with one attached hydrogen (secondary N) is 1. The van der Waals surface area contributed by atoms with Crippen LogP contribution in [0, 0.1) is 0 Å². The number of nitrogens with two attached hydrogens (primary N) is 1. The lowest BCUT2D eigenvalue weighted by atomic mass is 10.4. The van der Waals surface area contributed by atoms with Gasteiger partial charge in [0, 0.05) is 12.7 Å². The van der Waals surface area contributed by atoms with Crippen molar-refractivity contribution in [3.8, 4) is 0 Å². The average Bonchev–Trinajstić information content (AvgIpc) is 2.18. The summed E-state index contributed by atoms with van der Waals surface area (Å²) in [6.45, 7) is 0.762. The van der Waals surface area contributed by atoms with E-state index in [4.69, 9.17) is 17.3 Å². The summed E-state index contributed by atoms with van der Waals surface area (Å²) in [5, 5.41) is 0.150. The highest BCUT2D eigenvalue weighted by Gasteiger charge is 2.13. The lowest BCUT2D eigenvalue weighted by Crippen LogP contribution is -2.26. The van der Waals surface area contributed by atoms with Gasteiger partial charge in [0.05, 0.1) is 4.90 Å². The van der Waals surface area contributed by atoms with Crippen LogP contribution in [0.3, 0.4) is 0 Å². The molecule has 0 aliphatic carbocycles. The molecule has 0 radical (unpaired) electrons. The van der Waals surface area contributed by atoms with E-state index >= 15 is 0 Å². The molecule has 0 atom stereocenters. The number of hydrogen-bond donors (Lipinski definition) is 2. The number of rotatable bonds is 5. The summed E-state index contributed by atoms with van der Waals surface area (Å²) in [7, 11) is -3.49. The van der Waals surface area contributed by atoms with Gasteiger partial charge in [-0.1, -0.05) is 11.6 Å². The third-order valence-electron chi connectivity index (χ3n) is 1.68. The summed E-state index contributed by atoms with van der Waals surface area (Å²) < 4.78 is 25.7. The predicted octanol–water partition coefficient (Wildman–Crippen LogP) is 0.362. The standard InChI is InChI=1S/C8H12ClN3O2S/c9-8-6-7(2-5-11-8)15(13,14)12-4-1-3-10/h2,5-6,12H,1,3-4,10H2. The van der Waals surface area contributed by atoms with Crippen molar-refractivity contribution in [2.75, 3.05) is 13.1 Å². The number of sulfonamides is 1. The van der Waals surface area contributed by atoms with Crippen LogP contribution in [0.2, 0.25) is 5.15 Å². The Morgan fingerprint density at radius 3 is 2.87 bits per heavy atom. The van der Waals surface area contributed by atoms with Crippen molar-refractivity contribution in [2.45, 2.75) is 11.3 Å². The van der Waals surface area contributed by atoms with Crippen LogP contribution in [0.25, 0.3) is 0 Å². The van der Waals surface area contributed by atoms with E-state index in [1.165, 1.54) is 18.3 Å². The Balaban J connectivity index is 2.77.